The molecule has 33 heavy (non-hydrogen) atoms. The summed E-state index contributed by atoms with van der Waals surface area (Å²) in [7, 11) is 4.65. The normalized spacial score (nSPS) is 21.3. The first-order valence-electron chi connectivity index (χ1n) is 10.9. The summed E-state index contributed by atoms with van der Waals surface area (Å²) in [6.45, 7) is -0.364. The number of benzene rings is 2. The Labute approximate surface area is 192 Å². The van der Waals surface area contributed by atoms with Crippen LogP contribution >= 0.6 is 0 Å². The smallest absolute Gasteiger partial charge is 0.323 e. The van der Waals surface area contributed by atoms with E-state index < -0.39 is 5.97 Å². The Morgan fingerprint density at radius 2 is 1.76 bits per heavy atom. The van der Waals surface area contributed by atoms with Gasteiger partial charge in [0.1, 0.15) is 6.54 Å². The lowest BCUT2D eigenvalue weighted by atomic mass is 9.74. The standard InChI is InChI=1S/C25H28N2O6/c1-27(13-23(29)30)25(31)15-6-4-14(5-7-15)24-19-12-22(33-3)21(32-2)11-17(19)18-10-16(28)8-9-20(18)26-24/h4-7,11-12,16,18,20,28H,8-10,13H2,1-3H3,(H,29,30). The minimum Gasteiger partial charge on any atom is -0.493 e. The lowest BCUT2D eigenvalue weighted by molar-refractivity contribution is -0.137. The number of ether oxygens (including phenoxy) is 2. The predicted octanol–water partition coefficient (Wildman–Crippen LogP) is 2.71. The lowest BCUT2D eigenvalue weighted by Gasteiger charge is -2.37. The van der Waals surface area contributed by atoms with Crippen molar-refractivity contribution < 1.29 is 29.3 Å². The van der Waals surface area contributed by atoms with E-state index in [0.717, 1.165) is 28.8 Å². The molecule has 0 spiro atoms. The first-order chi connectivity index (χ1) is 15.8. The van der Waals surface area contributed by atoms with Gasteiger partial charge in [0.2, 0.25) is 0 Å². The number of hydrogen-bond donors (Lipinski definition) is 2. The highest BCUT2D eigenvalue weighted by molar-refractivity contribution is 6.15. The van der Waals surface area contributed by atoms with Gasteiger partial charge in [-0.05, 0) is 49.1 Å². The second kappa shape index (κ2) is 9.23. The molecular formula is C25H28N2O6. The topological polar surface area (TPSA) is 109 Å². The van der Waals surface area contributed by atoms with Crippen LogP contribution in [0, 0.1) is 0 Å². The average molecular weight is 453 g/mol. The number of hydrogen-bond acceptors (Lipinski definition) is 6. The molecule has 0 saturated heterocycles. The average Bonchev–Trinajstić information content (AvgIpc) is 2.81. The molecule has 1 amide bonds. The van der Waals surface area contributed by atoms with Crippen LogP contribution in [0.25, 0.3) is 0 Å². The second-order valence-corrected chi connectivity index (χ2v) is 8.55. The van der Waals surface area contributed by atoms with Gasteiger partial charge >= 0.3 is 5.97 Å². The molecule has 2 N–H and O–H groups in total. The number of fused-ring (bicyclic) bond motifs is 3. The summed E-state index contributed by atoms with van der Waals surface area (Å²) in [5.74, 6) is -0.0905. The van der Waals surface area contributed by atoms with Crippen LogP contribution in [0.4, 0.5) is 0 Å². The zero-order valence-electron chi connectivity index (χ0n) is 18.9. The molecule has 1 heterocycles. The summed E-state index contributed by atoms with van der Waals surface area (Å²) >= 11 is 0. The van der Waals surface area contributed by atoms with Crippen molar-refractivity contribution in [2.75, 3.05) is 27.8 Å². The number of amides is 1. The number of methoxy groups -OCH3 is 2. The number of aliphatic hydroxyl groups is 1. The van der Waals surface area contributed by atoms with Crippen molar-refractivity contribution in [3.05, 3.63) is 58.7 Å². The molecule has 1 saturated carbocycles. The Morgan fingerprint density at radius 1 is 1.09 bits per heavy atom. The van der Waals surface area contributed by atoms with E-state index >= 15 is 0 Å². The number of carbonyl (C=O) groups excluding carboxylic acids is 1. The molecule has 8 heteroatoms. The Kier molecular flexibility index (Phi) is 6.37. The third-order valence-electron chi connectivity index (χ3n) is 6.42. The first kappa shape index (κ1) is 22.8. The number of carboxylic acid groups (broad SMARTS) is 1. The molecule has 2 aromatic carbocycles. The fraction of sp³-hybridized carbons (Fsp3) is 0.400. The highest BCUT2D eigenvalue weighted by Crippen LogP contribution is 2.44. The molecule has 3 atom stereocenters. The van der Waals surface area contributed by atoms with E-state index in [-0.39, 0.29) is 30.5 Å². The number of aliphatic imine (C=N–C) groups is 1. The summed E-state index contributed by atoms with van der Waals surface area (Å²) in [5.41, 5.74) is 4.06. The number of carboxylic acids is 1. The number of aliphatic carboxylic acids is 1. The molecule has 0 aromatic heterocycles. The van der Waals surface area contributed by atoms with Crippen molar-refractivity contribution in [3.8, 4) is 11.5 Å². The van der Waals surface area contributed by atoms with E-state index in [1.54, 1.807) is 26.4 Å². The van der Waals surface area contributed by atoms with Gasteiger partial charge in [-0.1, -0.05) is 12.1 Å². The molecule has 1 aliphatic carbocycles. The Morgan fingerprint density at radius 3 is 2.39 bits per heavy atom. The van der Waals surface area contributed by atoms with Crippen molar-refractivity contribution >= 4 is 17.6 Å². The monoisotopic (exact) mass is 452 g/mol. The Hall–Kier alpha value is -3.39. The van der Waals surface area contributed by atoms with E-state index in [0.29, 0.717) is 29.9 Å². The predicted molar refractivity (Wildman–Crippen MR) is 123 cm³/mol. The molecule has 2 aromatic rings. The van der Waals surface area contributed by atoms with Gasteiger partial charge in [-0.15, -0.1) is 0 Å². The minimum atomic E-state index is -1.06. The number of carbonyl (C=O) groups is 2. The first-order valence-corrected chi connectivity index (χ1v) is 10.9. The van der Waals surface area contributed by atoms with Crippen LogP contribution in [0.3, 0.4) is 0 Å². The zero-order valence-corrected chi connectivity index (χ0v) is 18.9. The van der Waals surface area contributed by atoms with Crippen molar-refractivity contribution in [2.24, 2.45) is 4.99 Å². The summed E-state index contributed by atoms with van der Waals surface area (Å²) in [6, 6.07) is 11.0. The molecule has 8 nitrogen and oxygen atoms in total. The molecule has 4 rings (SSSR count). The van der Waals surface area contributed by atoms with Gasteiger partial charge in [0.15, 0.2) is 11.5 Å². The van der Waals surface area contributed by atoms with Crippen LogP contribution in [0.15, 0.2) is 41.4 Å². The fourth-order valence-corrected chi connectivity index (χ4v) is 4.76. The molecule has 1 aliphatic heterocycles. The SMILES string of the molecule is COc1cc2c(cc1OC)C1CC(O)CCC1N=C2c1ccc(C(=O)N(C)CC(=O)O)cc1. The van der Waals surface area contributed by atoms with Crippen molar-refractivity contribution in [1.29, 1.82) is 0 Å². The molecule has 174 valence electrons. The van der Waals surface area contributed by atoms with Crippen LogP contribution in [0.5, 0.6) is 11.5 Å². The third kappa shape index (κ3) is 4.43. The van der Waals surface area contributed by atoms with Crippen LogP contribution in [-0.4, -0.2) is 72.7 Å². The molecule has 1 fully saturated rings. The fourth-order valence-electron chi connectivity index (χ4n) is 4.76. The highest BCUT2D eigenvalue weighted by atomic mass is 16.5. The van der Waals surface area contributed by atoms with Crippen LogP contribution < -0.4 is 9.47 Å². The van der Waals surface area contributed by atoms with Crippen molar-refractivity contribution in [1.82, 2.24) is 4.90 Å². The summed E-state index contributed by atoms with van der Waals surface area (Å²) in [4.78, 5) is 29.7. The van der Waals surface area contributed by atoms with Crippen LogP contribution in [0.2, 0.25) is 0 Å². The number of likely N-dealkylation sites (N-methyl/N-ethyl adjacent to an activating group) is 1. The number of rotatable bonds is 6. The summed E-state index contributed by atoms with van der Waals surface area (Å²) in [5, 5.41) is 19.2. The maximum absolute atomic E-state index is 12.5. The van der Waals surface area contributed by atoms with Gasteiger partial charge in [-0.2, -0.15) is 0 Å². The van der Waals surface area contributed by atoms with Crippen LogP contribution in [-0.2, 0) is 4.79 Å². The van der Waals surface area contributed by atoms with E-state index in [1.165, 1.54) is 11.9 Å². The molecular weight excluding hydrogens is 424 g/mol. The van der Waals surface area contributed by atoms with Gasteiger partial charge in [0.05, 0.1) is 32.1 Å². The van der Waals surface area contributed by atoms with E-state index in [1.807, 2.05) is 24.3 Å². The van der Waals surface area contributed by atoms with Gasteiger partial charge < -0.3 is 24.6 Å². The van der Waals surface area contributed by atoms with Crippen LogP contribution in [0.1, 0.15) is 52.2 Å². The van der Waals surface area contributed by atoms with E-state index in [9.17, 15) is 14.7 Å². The second-order valence-electron chi connectivity index (χ2n) is 8.55. The minimum absolute atomic E-state index is 0.0528. The number of nitrogens with zero attached hydrogens (tertiary/aromatic N) is 2. The third-order valence-corrected chi connectivity index (χ3v) is 6.42. The van der Waals surface area contributed by atoms with Crippen molar-refractivity contribution in [2.45, 2.75) is 37.3 Å². The lowest BCUT2D eigenvalue weighted by Crippen LogP contribution is -2.34. The number of aliphatic hydroxyl groups excluding tert-OH is 1. The van der Waals surface area contributed by atoms with Gasteiger partial charge in [0, 0.05) is 29.7 Å². The van der Waals surface area contributed by atoms with E-state index in [2.05, 4.69) is 0 Å². The summed E-state index contributed by atoms with van der Waals surface area (Å²) < 4.78 is 11.1. The van der Waals surface area contributed by atoms with Gasteiger partial charge in [-0.3, -0.25) is 14.6 Å². The summed E-state index contributed by atoms with van der Waals surface area (Å²) in [6.07, 6.45) is 1.80. The molecule has 3 unspecified atom stereocenters. The van der Waals surface area contributed by atoms with Crippen molar-refractivity contribution in [3.63, 3.8) is 0 Å². The Balaban J connectivity index is 1.73. The quantitative estimate of drug-likeness (QED) is 0.698. The zero-order chi connectivity index (χ0) is 23.7. The maximum atomic E-state index is 12.5. The molecule has 0 bridgehead atoms. The van der Waals surface area contributed by atoms with E-state index in [4.69, 9.17) is 19.6 Å². The highest BCUT2D eigenvalue weighted by Gasteiger charge is 2.37. The van der Waals surface area contributed by atoms with Gasteiger partial charge in [0.25, 0.3) is 5.91 Å². The Bertz CT molecular complexity index is 1090. The molecule has 2 aliphatic rings. The molecule has 0 radical (unpaired) electrons. The largest absolute Gasteiger partial charge is 0.493 e. The maximum Gasteiger partial charge on any atom is 0.323 e. The van der Waals surface area contributed by atoms with Gasteiger partial charge in [-0.25, -0.2) is 0 Å².